The van der Waals surface area contributed by atoms with E-state index in [4.69, 9.17) is 4.74 Å². The van der Waals surface area contributed by atoms with Crippen LogP contribution in [0.1, 0.15) is 43.0 Å². The van der Waals surface area contributed by atoms with E-state index in [1.807, 2.05) is 4.90 Å². The summed E-state index contributed by atoms with van der Waals surface area (Å²) in [5.74, 6) is -0.0572. The third-order valence-corrected chi connectivity index (χ3v) is 5.36. The lowest BCUT2D eigenvalue weighted by molar-refractivity contribution is -0.142. The highest BCUT2D eigenvalue weighted by Crippen LogP contribution is 2.34. The predicted molar refractivity (Wildman–Crippen MR) is 87.9 cm³/mol. The number of carbonyl (C=O) groups is 1. The van der Waals surface area contributed by atoms with Crippen molar-refractivity contribution in [2.75, 3.05) is 26.3 Å². The normalized spacial score (nSPS) is 20.3. The van der Waals surface area contributed by atoms with Gasteiger partial charge in [-0.1, -0.05) is 0 Å². The van der Waals surface area contributed by atoms with Crippen LogP contribution in [0.2, 0.25) is 0 Å². The fourth-order valence-electron chi connectivity index (χ4n) is 3.84. The summed E-state index contributed by atoms with van der Waals surface area (Å²) in [6.45, 7) is 2.27. The molecule has 0 unspecified atom stereocenters. The Balaban J connectivity index is 1.49. The molecule has 4 heterocycles. The van der Waals surface area contributed by atoms with E-state index in [-0.39, 0.29) is 23.5 Å². The molecule has 0 aromatic carbocycles. The van der Waals surface area contributed by atoms with Gasteiger partial charge in [0, 0.05) is 43.8 Å². The molecule has 2 fully saturated rings. The Morgan fingerprint density at radius 3 is 2.52 bits per heavy atom. The summed E-state index contributed by atoms with van der Waals surface area (Å²) >= 11 is 0. The van der Waals surface area contributed by atoms with Gasteiger partial charge in [0.25, 0.3) is 5.78 Å². The van der Waals surface area contributed by atoms with Gasteiger partial charge >= 0.3 is 6.18 Å². The number of piperidine rings is 1. The van der Waals surface area contributed by atoms with Gasteiger partial charge in [-0.05, 0) is 31.7 Å². The smallest absolute Gasteiger partial charge is 0.381 e. The van der Waals surface area contributed by atoms with Gasteiger partial charge in [-0.15, -0.1) is 0 Å². The SMILES string of the molecule is O=C(C1CCOCC1)N1CCC(c2cc(C(F)(F)F)n3ncnc3n2)CC1. The van der Waals surface area contributed by atoms with E-state index in [9.17, 15) is 18.0 Å². The number of hydrogen-bond donors (Lipinski definition) is 0. The Morgan fingerprint density at radius 1 is 1.15 bits per heavy atom. The standard InChI is InChI=1S/C17H20F3N5O2/c18-17(19,20)14-9-13(23-16-21-10-22-25(14)16)11-1-5-24(6-2-11)15(26)12-3-7-27-8-4-12/h9-12H,1-8H2. The van der Waals surface area contributed by atoms with Crippen LogP contribution in [0.15, 0.2) is 12.4 Å². The first-order valence-corrected chi connectivity index (χ1v) is 9.08. The van der Waals surface area contributed by atoms with Crippen LogP contribution < -0.4 is 0 Å². The van der Waals surface area contributed by atoms with Gasteiger partial charge in [0.15, 0.2) is 5.69 Å². The molecule has 4 rings (SSSR count). The molecule has 146 valence electrons. The van der Waals surface area contributed by atoms with Crippen molar-refractivity contribution in [3.63, 3.8) is 0 Å². The van der Waals surface area contributed by atoms with Gasteiger partial charge in [-0.3, -0.25) is 4.79 Å². The minimum atomic E-state index is -4.54. The first-order chi connectivity index (χ1) is 12.9. The first-order valence-electron chi connectivity index (χ1n) is 9.08. The number of nitrogens with zero attached hydrogens (tertiary/aromatic N) is 5. The molecule has 0 aliphatic carbocycles. The molecule has 0 atom stereocenters. The molecule has 10 heteroatoms. The first kappa shape index (κ1) is 18.1. The molecule has 2 aliphatic rings. The average Bonchev–Trinajstić information content (AvgIpc) is 3.15. The highest BCUT2D eigenvalue weighted by atomic mass is 19.4. The number of hydrogen-bond acceptors (Lipinski definition) is 5. The predicted octanol–water partition coefficient (Wildman–Crippen LogP) is 2.28. The Bertz CT molecular complexity index is 824. The minimum Gasteiger partial charge on any atom is -0.381 e. The van der Waals surface area contributed by atoms with Crippen molar-refractivity contribution in [2.45, 2.75) is 37.8 Å². The topological polar surface area (TPSA) is 72.6 Å². The molecule has 2 aromatic rings. The van der Waals surface area contributed by atoms with E-state index >= 15 is 0 Å². The molecule has 0 N–H and O–H groups in total. The summed E-state index contributed by atoms with van der Waals surface area (Å²) in [6, 6.07) is 1.06. The van der Waals surface area contributed by atoms with Gasteiger partial charge in [-0.2, -0.15) is 27.8 Å². The van der Waals surface area contributed by atoms with Crippen LogP contribution in [0.4, 0.5) is 13.2 Å². The second kappa shape index (κ2) is 7.06. The van der Waals surface area contributed by atoms with E-state index in [2.05, 4.69) is 15.1 Å². The van der Waals surface area contributed by atoms with Gasteiger partial charge < -0.3 is 9.64 Å². The second-order valence-corrected chi connectivity index (χ2v) is 7.02. The van der Waals surface area contributed by atoms with E-state index in [0.29, 0.717) is 49.4 Å². The van der Waals surface area contributed by atoms with Gasteiger partial charge in [0.1, 0.15) is 6.33 Å². The maximum absolute atomic E-state index is 13.3. The van der Waals surface area contributed by atoms with Crippen LogP contribution in [0.5, 0.6) is 0 Å². The van der Waals surface area contributed by atoms with Gasteiger partial charge in [-0.25, -0.2) is 4.98 Å². The maximum atomic E-state index is 13.3. The van der Waals surface area contributed by atoms with Gasteiger partial charge in [0.2, 0.25) is 5.91 Å². The molecule has 27 heavy (non-hydrogen) atoms. The number of amides is 1. The zero-order valence-corrected chi connectivity index (χ0v) is 14.7. The van der Waals surface area contributed by atoms with Crippen LogP contribution in [0.3, 0.4) is 0 Å². The molecule has 0 spiro atoms. The van der Waals surface area contributed by atoms with E-state index < -0.39 is 11.9 Å². The third kappa shape index (κ3) is 3.62. The zero-order valence-electron chi connectivity index (χ0n) is 14.7. The van der Waals surface area contributed by atoms with Gasteiger partial charge in [0.05, 0.1) is 0 Å². The second-order valence-electron chi connectivity index (χ2n) is 7.02. The van der Waals surface area contributed by atoms with Crippen LogP contribution in [0, 0.1) is 5.92 Å². The fourth-order valence-corrected chi connectivity index (χ4v) is 3.84. The number of carbonyl (C=O) groups excluding carboxylic acids is 1. The average molecular weight is 383 g/mol. The summed E-state index contributed by atoms with van der Waals surface area (Å²) < 4.78 is 46.0. The Hall–Kier alpha value is -2.23. The highest BCUT2D eigenvalue weighted by molar-refractivity contribution is 5.79. The lowest BCUT2D eigenvalue weighted by Gasteiger charge is -2.35. The zero-order chi connectivity index (χ0) is 19.0. The maximum Gasteiger partial charge on any atom is 0.433 e. The molecule has 0 saturated carbocycles. The quantitative estimate of drug-likeness (QED) is 0.796. The summed E-state index contributed by atoms with van der Waals surface area (Å²) in [4.78, 5) is 22.5. The summed E-state index contributed by atoms with van der Waals surface area (Å²) in [5.41, 5.74) is -0.512. The van der Waals surface area contributed by atoms with E-state index in [0.717, 1.165) is 25.2 Å². The van der Waals surface area contributed by atoms with Crippen LogP contribution >= 0.6 is 0 Å². The number of halogens is 3. The lowest BCUT2D eigenvalue weighted by atomic mass is 9.91. The van der Waals surface area contributed by atoms with E-state index in [1.165, 1.54) is 0 Å². The molecule has 0 radical (unpaired) electrons. The lowest BCUT2D eigenvalue weighted by Crippen LogP contribution is -2.42. The van der Waals surface area contributed by atoms with E-state index in [1.54, 1.807) is 0 Å². The molecule has 2 aromatic heterocycles. The van der Waals surface area contributed by atoms with Crippen LogP contribution in [0.25, 0.3) is 5.78 Å². The number of likely N-dealkylation sites (tertiary alicyclic amines) is 1. The molecule has 0 bridgehead atoms. The molecular formula is C17H20F3N5O2. The number of rotatable bonds is 2. The van der Waals surface area contributed by atoms with Crippen molar-refractivity contribution in [1.82, 2.24) is 24.5 Å². The third-order valence-electron chi connectivity index (χ3n) is 5.36. The van der Waals surface area contributed by atoms with Crippen molar-refractivity contribution >= 4 is 11.7 Å². The number of aromatic nitrogens is 4. The monoisotopic (exact) mass is 383 g/mol. The van der Waals surface area contributed by atoms with Crippen molar-refractivity contribution in [2.24, 2.45) is 5.92 Å². The Morgan fingerprint density at radius 2 is 1.85 bits per heavy atom. The Kier molecular flexibility index (Phi) is 4.75. The highest BCUT2D eigenvalue weighted by Gasteiger charge is 2.37. The molecule has 2 saturated heterocycles. The minimum absolute atomic E-state index is 0.00222. The van der Waals surface area contributed by atoms with Crippen LogP contribution in [-0.4, -0.2) is 56.7 Å². The summed E-state index contributed by atoms with van der Waals surface area (Å²) in [5, 5.41) is 3.62. The van der Waals surface area contributed by atoms with Crippen molar-refractivity contribution in [1.29, 1.82) is 0 Å². The largest absolute Gasteiger partial charge is 0.433 e. The van der Waals surface area contributed by atoms with Crippen molar-refractivity contribution < 1.29 is 22.7 Å². The fraction of sp³-hybridized carbons (Fsp3) is 0.647. The molecule has 7 nitrogen and oxygen atoms in total. The number of alkyl halides is 3. The van der Waals surface area contributed by atoms with Crippen molar-refractivity contribution in [3.8, 4) is 0 Å². The van der Waals surface area contributed by atoms with Crippen LogP contribution in [-0.2, 0) is 15.7 Å². The summed E-state index contributed by atoms with van der Waals surface area (Å²) in [6.07, 6.45) is -0.829. The van der Waals surface area contributed by atoms with Crippen molar-refractivity contribution in [3.05, 3.63) is 23.8 Å². The molecular weight excluding hydrogens is 363 g/mol. The number of ether oxygens (including phenoxy) is 1. The Labute approximate surface area is 153 Å². The summed E-state index contributed by atoms with van der Waals surface area (Å²) in [7, 11) is 0. The molecule has 2 aliphatic heterocycles. The molecule has 1 amide bonds. The number of fused-ring (bicyclic) bond motifs is 1.